The van der Waals surface area contributed by atoms with Gasteiger partial charge in [-0.15, -0.1) is 0 Å². The van der Waals surface area contributed by atoms with E-state index in [9.17, 15) is 22.8 Å². The topological polar surface area (TPSA) is 58.2 Å². The molecule has 1 rings (SSSR count). The Kier molecular flexibility index (Phi) is 3.77. The summed E-state index contributed by atoms with van der Waals surface area (Å²) in [4.78, 5) is 22.2. The van der Waals surface area contributed by atoms with E-state index < -0.39 is 30.5 Å². The first-order chi connectivity index (χ1) is 7.28. The van der Waals surface area contributed by atoms with Crippen LogP contribution in [0.2, 0.25) is 0 Å². The second kappa shape index (κ2) is 4.71. The number of hydrogen-bond donors (Lipinski definition) is 2. The lowest BCUT2D eigenvalue weighted by molar-refractivity contribution is -0.142. The quantitative estimate of drug-likeness (QED) is 0.755. The van der Waals surface area contributed by atoms with E-state index in [1.54, 1.807) is 0 Å². The number of rotatable bonds is 3. The van der Waals surface area contributed by atoms with Gasteiger partial charge in [0.15, 0.2) is 0 Å². The maximum atomic E-state index is 12.0. The molecule has 0 saturated carbocycles. The van der Waals surface area contributed by atoms with Crippen molar-refractivity contribution in [2.45, 2.75) is 32.0 Å². The molecule has 2 unspecified atom stereocenters. The minimum absolute atomic E-state index is 0.0462. The van der Waals surface area contributed by atoms with E-state index in [4.69, 9.17) is 0 Å². The minimum Gasteiger partial charge on any atom is -0.355 e. The monoisotopic (exact) mass is 238 g/mol. The Hall–Kier alpha value is -1.27. The molecule has 1 aliphatic heterocycles. The van der Waals surface area contributed by atoms with Gasteiger partial charge in [0.25, 0.3) is 0 Å². The fraction of sp³-hybridized carbons (Fsp3) is 0.778. The van der Waals surface area contributed by atoms with Crippen LogP contribution in [0.3, 0.4) is 0 Å². The van der Waals surface area contributed by atoms with Crippen molar-refractivity contribution in [3.05, 3.63) is 0 Å². The van der Waals surface area contributed by atoms with Crippen molar-refractivity contribution in [1.82, 2.24) is 10.6 Å². The molecule has 0 spiro atoms. The number of amides is 2. The van der Waals surface area contributed by atoms with E-state index in [0.717, 1.165) is 0 Å². The highest BCUT2D eigenvalue weighted by Gasteiger charge is 2.33. The van der Waals surface area contributed by atoms with Crippen LogP contribution >= 0.6 is 0 Å². The highest BCUT2D eigenvalue weighted by molar-refractivity contribution is 5.89. The van der Waals surface area contributed by atoms with Gasteiger partial charge in [-0.2, -0.15) is 13.2 Å². The summed E-state index contributed by atoms with van der Waals surface area (Å²) in [6.45, 7) is 1.49. The van der Waals surface area contributed by atoms with Gasteiger partial charge in [0, 0.05) is 19.0 Å². The average molecular weight is 238 g/mol. The van der Waals surface area contributed by atoms with Crippen LogP contribution in [0.25, 0.3) is 0 Å². The van der Waals surface area contributed by atoms with Crippen LogP contribution < -0.4 is 10.6 Å². The molecule has 1 fully saturated rings. The van der Waals surface area contributed by atoms with E-state index in [-0.39, 0.29) is 18.9 Å². The molecule has 7 heteroatoms. The lowest BCUT2D eigenvalue weighted by atomic mass is 10.1. The van der Waals surface area contributed by atoms with Gasteiger partial charge in [-0.25, -0.2) is 0 Å². The molecule has 2 N–H and O–H groups in total. The van der Waals surface area contributed by atoms with Crippen molar-refractivity contribution < 1.29 is 22.8 Å². The molecule has 1 aliphatic rings. The van der Waals surface area contributed by atoms with Crippen molar-refractivity contribution in [2.24, 2.45) is 5.92 Å². The second-order valence-electron chi connectivity index (χ2n) is 3.93. The second-order valence-corrected chi connectivity index (χ2v) is 3.93. The third-order valence-corrected chi connectivity index (χ3v) is 2.27. The summed E-state index contributed by atoms with van der Waals surface area (Å²) >= 11 is 0. The zero-order valence-electron chi connectivity index (χ0n) is 8.73. The summed E-state index contributed by atoms with van der Waals surface area (Å²) in [6.07, 6.45) is -5.31. The zero-order chi connectivity index (χ0) is 12.3. The number of halogens is 3. The number of carbonyl (C=O) groups is 2. The fourth-order valence-corrected chi connectivity index (χ4v) is 1.55. The predicted octanol–water partition coefficient (Wildman–Crippen LogP) is 0.580. The average Bonchev–Trinajstić information content (AvgIpc) is 2.47. The molecule has 92 valence electrons. The van der Waals surface area contributed by atoms with Crippen molar-refractivity contribution in [1.29, 1.82) is 0 Å². The normalized spacial score (nSPS) is 22.8. The molecule has 1 saturated heterocycles. The van der Waals surface area contributed by atoms with Crippen LogP contribution in [0.15, 0.2) is 0 Å². The van der Waals surface area contributed by atoms with E-state index in [1.807, 2.05) is 0 Å². The molecule has 2 atom stereocenters. The van der Waals surface area contributed by atoms with Gasteiger partial charge in [0.2, 0.25) is 11.8 Å². The van der Waals surface area contributed by atoms with Gasteiger partial charge in [-0.3, -0.25) is 9.59 Å². The molecule has 0 aromatic heterocycles. The highest BCUT2D eigenvalue weighted by atomic mass is 19.4. The number of alkyl halides is 3. The summed E-state index contributed by atoms with van der Waals surface area (Å²) in [6, 6.07) is -0.969. The van der Waals surface area contributed by atoms with Gasteiger partial charge in [0.05, 0.1) is 12.3 Å². The molecule has 4 nitrogen and oxygen atoms in total. The fourth-order valence-electron chi connectivity index (χ4n) is 1.55. The Morgan fingerprint density at radius 3 is 2.69 bits per heavy atom. The van der Waals surface area contributed by atoms with Gasteiger partial charge in [-0.05, 0) is 6.92 Å². The Morgan fingerprint density at radius 2 is 2.25 bits per heavy atom. The lowest BCUT2D eigenvalue weighted by Crippen LogP contribution is -2.40. The molecule has 0 bridgehead atoms. The molecule has 0 aromatic rings. The molecule has 16 heavy (non-hydrogen) atoms. The van der Waals surface area contributed by atoms with E-state index >= 15 is 0 Å². The summed E-state index contributed by atoms with van der Waals surface area (Å²) in [7, 11) is 0. The molecule has 0 aliphatic carbocycles. The minimum atomic E-state index is -4.30. The van der Waals surface area contributed by atoms with E-state index in [0.29, 0.717) is 0 Å². The first kappa shape index (κ1) is 12.8. The Balaban J connectivity index is 2.36. The first-order valence-corrected chi connectivity index (χ1v) is 4.92. The van der Waals surface area contributed by atoms with Crippen molar-refractivity contribution in [2.75, 3.05) is 6.54 Å². The number of hydrogen-bond acceptors (Lipinski definition) is 2. The van der Waals surface area contributed by atoms with Crippen LogP contribution in [0.4, 0.5) is 13.2 Å². The lowest BCUT2D eigenvalue weighted by Gasteiger charge is -2.17. The maximum absolute atomic E-state index is 12.0. The van der Waals surface area contributed by atoms with Gasteiger partial charge < -0.3 is 10.6 Å². The van der Waals surface area contributed by atoms with E-state index in [1.165, 1.54) is 6.92 Å². The van der Waals surface area contributed by atoms with Gasteiger partial charge >= 0.3 is 6.18 Å². The Labute approximate surface area is 90.6 Å². The molecule has 1 heterocycles. The third kappa shape index (κ3) is 4.08. The summed E-state index contributed by atoms with van der Waals surface area (Å²) in [5.41, 5.74) is 0. The molecule has 2 amide bonds. The zero-order valence-corrected chi connectivity index (χ0v) is 8.73. The maximum Gasteiger partial charge on any atom is 0.391 e. The molecule has 0 aromatic carbocycles. The van der Waals surface area contributed by atoms with Gasteiger partial charge in [0.1, 0.15) is 0 Å². The van der Waals surface area contributed by atoms with Crippen molar-refractivity contribution in [3.63, 3.8) is 0 Å². The smallest absolute Gasteiger partial charge is 0.355 e. The van der Waals surface area contributed by atoms with Crippen molar-refractivity contribution >= 4 is 11.8 Å². The summed E-state index contributed by atoms with van der Waals surface area (Å²) in [5, 5.41) is 4.70. The largest absolute Gasteiger partial charge is 0.391 e. The van der Waals surface area contributed by atoms with E-state index in [2.05, 4.69) is 10.6 Å². The standard InChI is InChI=1S/C9H13F3N2O2/c1-5(3-9(10,11)12)14-8(16)6-2-7(15)13-4-6/h5-6H,2-4H2,1H3,(H,13,15)(H,14,16). The molecule has 0 radical (unpaired) electrons. The highest BCUT2D eigenvalue weighted by Crippen LogP contribution is 2.21. The Morgan fingerprint density at radius 1 is 1.62 bits per heavy atom. The first-order valence-electron chi connectivity index (χ1n) is 4.92. The van der Waals surface area contributed by atoms with Crippen LogP contribution in [0.1, 0.15) is 19.8 Å². The predicted molar refractivity (Wildman–Crippen MR) is 49.4 cm³/mol. The van der Waals surface area contributed by atoms with Crippen LogP contribution in [-0.4, -0.2) is 30.6 Å². The Bertz CT molecular complexity index is 291. The number of carbonyl (C=O) groups excluding carboxylic acids is 2. The summed E-state index contributed by atoms with van der Waals surface area (Å²) in [5.74, 6) is -1.30. The summed E-state index contributed by atoms with van der Waals surface area (Å²) < 4.78 is 35.9. The van der Waals surface area contributed by atoms with Crippen LogP contribution in [-0.2, 0) is 9.59 Å². The van der Waals surface area contributed by atoms with Gasteiger partial charge in [-0.1, -0.05) is 0 Å². The molecular formula is C9H13F3N2O2. The van der Waals surface area contributed by atoms with Crippen LogP contribution in [0.5, 0.6) is 0 Å². The van der Waals surface area contributed by atoms with Crippen LogP contribution in [0, 0.1) is 5.92 Å². The third-order valence-electron chi connectivity index (χ3n) is 2.27. The number of nitrogens with one attached hydrogen (secondary N) is 2. The van der Waals surface area contributed by atoms with Crippen molar-refractivity contribution in [3.8, 4) is 0 Å². The molecular weight excluding hydrogens is 225 g/mol. The SMILES string of the molecule is CC(CC(F)(F)F)NC(=O)C1CNC(=O)C1.